The van der Waals surface area contributed by atoms with E-state index in [0.29, 0.717) is 17.1 Å². The second-order valence-electron chi connectivity index (χ2n) is 4.48. The highest BCUT2D eigenvalue weighted by atomic mass is 35.5. The zero-order valence-corrected chi connectivity index (χ0v) is 12.4. The fourth-order valence-corrected chi connectivity index (χ4v) is 1.90. The van der Waals surface area contributed by atoms with Gasteiger partial charge in [0, 0.05) is 18.3 Å². The third kappa shape index (κ3) is 3.83. The number of hydrogen-bond donors (Lipinski definition) is 1. The molecule has 0 saturated heterocycles. The average Bonchev–Trinajstić information content (AvgIpc) is 2.55. The second kappa shape index (κ2) is 6.90. The van der Waals surface area contributed by atoms with E-state index in [1.54, 1.807) is 36.2 Å². The lowest BCUT2D eigenvalue weighted by Gasteiger charge is -2.17. The number of rotatable bonds is 4. The number of alkyl halides is 1. The van der Waals surface area contributed by atoms with Crippen molar-refractivity contribution in [1.82, 2.24) is 0 Å². The van der Waals surface area contributed by atoms with Crippen LogP contribution in [0.4, 0.5) is 11.4 Å². The number of carbonyl (C=O) groups excluding carboxylic acids is 1. The van der Waals surface area contributed by atoms with Crippen molar-refractivity contribution < 1.29 is 4.79 Å². The zero-order chi connectivity index (χ0) is 15.2. The van der Waals surface area contributed by atoms with Gasteiger partial charge in [-0.25, -0.2) is 4.99 Å². The van der Waals surface area contributed by atoms with Gasteiger partial charge in [0.05, 0.1) is 11.6 Å². The van der Waals surface area contributed by atoms with Gasteiger partial charge in [0.1, 0.15) is 5.84 Å². The molecule has 0 fully saturated rings. The Morgan fingerprint density at radius 2 is 1.76 bits per heavy atom. The number of aliphatic imine (C=N–C) groups is 1. The van der Waals surface area contributed by atoms with E-state index in [2.05, 4.69) is 4.99 Å². The molecule has 0 bridgehead atoms. The van der Waals surface area contributed by atoms with Crippen LogP contribution in [0, 0.1) is 0 Å². The largest absolute Gasteiger partial charge is 0.386 e. The molecule has 4 nitrogen and oxygen atoms in total. The number of halogens is 1. The lowest BCUT2D eigenvalue weighted by atomic mass is 10.2. The fourth-order valence-electron chi connectivity index (χ4n) is 1.84. The van der Waals surface area contributed by atoms with Crippen molar-refractivity contribution in [3.05, 3.63) is 60.2 Å². The molecule has 2 aromatic rings. The maximum Gasteiger partial charge on any atom is 0.258 e. The molecule has 1 amide bonds. The maximum atomic E-state index is 12.3. The Labute approximate surface area is 128 Å². The number of anilines is 1. The number of nitrogens with two attached hydrogens (primary N) is 1. The minimum absolute atomic E-state index is 0.0628. The molecular formula is C16H16ClN3O. The van der Waals surface area contributed by atoms with Crippen molar-refractivity contribution >= 4 is 34.7 Å². The van der Waals surface area contributed by atoms with E-state index in [0.717, 1.165) is 5.69 Å². The van der Waals surface area contributed by atoms with Crippen LogP contribution in [0.25, 0.3) is 0 Å². The van der Waals surface area contributed by atoms with E-state index in [-0.39, 0.29) is 11.8 Å². The molecule has 0 unspecified atom stereocenters. The summed E-state index contributed by atoms with van der Waals surface area (Å²) in [5, 5.41) is 0. The summed E-state index contributed by atoms with van der Waals surface area (Å²) in [6, 6.07) is 16.4. The first kappa shape index (κ1) is 15.1. The van der Waals surface area contributed by atoms with Gasteiger partial charge in [-0.15, -0.1) is 11.6 Å². The zero-order valence-electron chi connectivity index (χ0n) is 11.7. The molecule has 0 radical (unpaired) electrons. The van der Waals surface area contributed by atoms with Crippen molar-refractivity contribution in [2.75, 3.05) is 17.8 Å². The van der Waals surface area contributed by atoms with Gasteiger partial charge in [0.15, 0.2) is 0 Å². The predicted octanol–water partition coefficient (Wildman–Crippen LogP) is 3.19. The summed E-state index contributed by atoms with van der Waals surface area (Å²) >= 11 is 5.58. The molecule has 2 rings (SSSR count). The number of benzene rings is 2. The minimum Gasteiger partial charge on any atom is -0.386 e. The van der Waals surface area contributed by atoms with Gasteiger partial charge in [-0.3, -0.25) is 4.79 Å². The molecule has 0 aromatic heterocycles. The Kier molecular flexibility index (Phi) is 4.95. The molecule has 0 aliphatic carbocycles. The van der Waals surface area contributed by atoms with Crippen LogP contribution in [0.2, 0.25) is 0 Å². The summed E-state index contributed by atoms with van der Waals surface area (Å²) in [5.41, 5.74) is 7.72. The van der Waals surface area contributed by atoms with Gasteiger partial charge in [0.2, 0.25) is 0 Å². The van der Waals surface area contributed by atoms with E-state index in [1.165, 1.54) is 0 Å². The summed E-state index contributed by atoms with van der Waals surface area (Å²) in [6.07, 6.45) is 0. The SMILES string of the molecule is CN(C(=O)c1ccccc1)c1ccc(N=C(N)CCl)cc1. The fraction of sp³-hybridized carbons (Fsp3) is 0.125. The number of amidine groups is 1. The van der Waals surface area contributed by atoms with Crippen molar-refractivity contribution in [1.29, 1.82) is 0 Å². The summed E-state index contributed by atoms with van der Waals surface area (Å²) in [5.74, 6) is 0.485. The first-order chi connectivity index (χ1) is 10.1. The van der Waals surface area contributed by atoms with E-state index < -0.39 is 0 Å². The molecule has 0 saturated carbocycles. The highest BCUT2D eigenvalue weighted by Gasteiger charge is 2.12. The molecule has 0 aliphatic rings. The Morgan fingerprint density at radius 3 is 2.33 bits per heavy atom. The summed E-state index contributed by atoms with van der Waals surface area (Å²) < 4.78 is 0. The monoisotopic (exact) mass is 301 g/mol. The van der Waals surface area contributed by atoms with Crippen LogP contribution < -0.4 is 10.6 Å². The van der Waals surface area contributed by atoms with Crippen molar-refractivity contribution in [3.63, 3.8) is 0 Å². The first-order valence-electron chi connectivity index (χ1n) is 6.44. The van der Waals surface area contributed by atoms with E-state index in [9.17, 15) is 4.79 Å². The topological polar surface area (TPSA) is 58.7 Å². The first-order valence-corrected chi connectivity index (χ1v) is 6.97. The standard InChI is InChI=1S/C16H16ClN3O/c1-20(16(21)12-5-3-2-4-6-12)14-9-7-13(8-10-14)19-15(18)11-17/h2-10H,11H2,1H3,(H2,18,19). The second-order valence-corrected chi connectivity index (χ2v) is 4.75. The van der Waals surface area contributed by atoms with Gasteiger partial charge < -0.3 is 10.6 Å². The van der Waals surface area contributed by atoms with Gasteiger partial charge >= 0.3 is 0 Å². The highest BCUT2D eigenvalue weighted by molar-refractivity contribution is 6.28. The molecule has 0 atom stereocenters. The summed E-state index contributed by atoms with van der Waals surface area (Å²) in [4.78, 5) is 18.0. The van der Waals surface area contributed by atoms with Crippen molar-refractivity contribution in [3.8, 4) is 0 Å². The van der Waals surface area contributed by atoms with Crippen LogP contribution in [-0.2, 0) is 0 Å². The molecule has 0 aliphatic heterocycles. The molecule has 108 valence electrons. The molecule has 2 N–H and O–H groups in total. The normalized spacial score (nSPS) is 11.2. The van der Waals surface area contributed by atoms with E-state index in [1.807, 2.05) is 30.3 Å². The Balaban J connectivity index is 2.17. The molecular weight excluding hydrogens is 286 g/mol. The number of nitrogens with zero attached hydrogens (tertiary/aromatic N) is 2. The minimum atomic E-state index is -0.0628. The lowest BCUT2D eigenvalue weighted by Crippen LogP contribution is -2.25. The van der Waals surface area contributed by atoms with Gasteiger partial charge in [-0.05, 0) is 36.4 Å². The van der Waals surface area contributed by atoms with Gasteiger partial charge in [-0.1, -0.05) is 18.2 Å². The maximum absolute atomic E-state index is 12.3. The van der Waals surface area contributed by atoms with Crippen LogP contribution in [-0.4, -0.2) is 24.7 Å². The number of amides is 1. The van der Waals surface area contributed by atoms with Crippen molar-refractivity contribution in [2.45, 2.75) is 0 Å². The summed E-state index contributed by atoms with van der Waals surface area (Å²) in [7, 11) is 1.74. The smallest absolute Gasteiger partial charge is 0.258 e. The third-order valence-electron chi connectivity index (χ3n) is 2.97. The van der Waals surface area contributed by atoms with Crippen LogP contribution in [0.3, 0.4) is 0 Å². The summed E-state index contributed by atoms with van der Waals surface area (Å²) in [6.45, 7) is 0. The van der Waals surface area contributed by atoms with Crippen LogP contribution in [0.15, 0.2) is 59.6 Å². The quantitative estimate of drug-likeness (QED) is 0.535. The molecule has 21 heavy (non-hydrogen) atoms. The van der Waals surface area contributed by atoms with Crippen LogP contribution in [0.5, 0.6) is 0 Å². The third-order valence-corrected chi connectivity index (χ3v) is 3.25. The highest BCUT2D eigenvalue weighted by Crippen LogP contribution is 2.20. The van der Waals surface area contributed by atoms with E-state index in [4.69, 9.17) is 17.3 Å². The van der Waals surface area contributed by atoms with Crippen molar-refractivity contribution in [2.24, 2.45) is 10.7 Å². The molecule has 0 heterocycles. The Bertz CT molecular complexity index is 638. The average molecular weight is 302 g/mol. The molecule has 5 heteroatoms. The number of carbonyl (C=O) groups is 1. The molecule has 0 spiro atoms. The van der Waals surface area contributed by atoms with Gasteiger partial charge in [0.25, 0.3) is 5.91 Å². The van der Waals surface area contributed by atoms with Gasteiger partial charge in [-0.2, -0.15) is 0 Å². The molecule has 2 aromatic carbocycles. The van der Waals surface area contributed by atoms with Crippen LogP contribution in [0.1, 0.15) is 10.4 Å². The van der Waals surface area contributed by atoms with Crippen LogP contribution >= 0.6 is 11.6 Å². The Hall–Kier alpha value is -2.33. The lowest BCUT2D eigenvalue weighted by molar-refractivity contribution is 0.0993. The van der Waals surface area contributed by atoms with E-state index >= 15 is 0 Å². The Morgan fingerprint density at radius 1 is 1.14 bits per heavy atom. The number of hydrogen-bond acceptors (Lipinski definition) is 2. The predicted molar refractivity (Wildman–Crippen MR) is 87.6 cm³/mol.